The number of anilines is 2. The normalized spacial score (nSPS) is 13.1. The Kier molecular flexibility index (Phi) is 9.67. The Balaban J connectivity index is 1.75. The molecule has 1 heterocycles. The molecule has 7 nitrogen and oxygen atoms in total. The molecule has 3 rings (SSSR count). The fraction of sp³-hybridized carbons (Fsp3) is 0.480. The molecule has 0 saturated heterocycles. The molecule has 3 N–H and O–H groups in total. The van der Waals surface area contributed by atoms with Gasteiger partial charge in [-0.1, -0.05) is 32.6 Å². The van der Waals surface area contributed by atoms with Crippen molar-refractivity contribution in [2.24, 2.45) is 5.73 Å². The van der Waals surface area contributed by atoms with Crippen LogP contribution >= 0.6 is 11.8 Å². The van der Waals surface area contributed by atoms with Crippen molar-refractivity contribution < 1.29 is 17.9 Å². The fourth-order valence-corrected chi connectivity index (χ4v) is 5.53. The zero-order valence-electron chi connectivity index (χ0n) is 20.0. The van der Waals surface area contributed by atoms with Gasteiger partial charge in [-0.3, -0.25) is 9.52 Å². The molecule has 0 fully saturated rings. The van der Waals surface area contributed by atoms with Gasteiger partial charge in [-0.25, -0.2) is 8.42 Å². The highest BCUT2D eigenvalue weighted by Crippen LogP contribution is 2.35. The first-order valence-corrected chi connectivity index (χ1v) is 14.7. The summed E-state index contributed by atoms with van der Waals surface area (Å²) in [6.07, 6.45) is 8.17. The molecule has 1 amide bonds. The Hall–Kier alpha value is -2.23. The minimum absolute atomic E-state index is 0.233. The van der Waals surface area contributed by atoms with E-state index in [-0.39, 0.29) is 17.2 Å². The SMILES string of the molecule is CCCCCCCSc1ccc2c(c1)CCN2C(=O)c1cc(OCCN)ccc1NS(C)(=O)=O. The van der Waals surface area contributed by atoms with Gasteiger partial charge in [0.05, 0.1) is 17.5 Å². The number of carbonyl (C=O) groups is 1. The second-order valence-electron chi connectivity index (χ2n) is 8.48. The van der Waals surface area contributed by atoms with Crippen molar-refractivity contribution in [2.75, 3.05) is 41.3 Å². The summed E-state index contributed by atoms with van der Waals surface area (Å²) in [4.78, 5) is 16.5. The maximum atomic E-state index is 13.5. The first-order valence-electron chi connectivity index (χ1n) is 11.8. The average molecular weight is 506 g/mol. The van der Waals surface area contributed by atoms with Gasteiger partial charge >= 0.3 is 0 Å². The fourth-order valence-electron chi connectivity index (χ4n) is 3.98. The van der Waals surface area contributed by atoms with Gasteiger partial charge in [0.25, 0.3) is 5.91 Å². The van der Waals surface area contributed by atoms with Crippen LogP contribution in [-0.2, 0) is 16.4 Å². The molecule has 0 atom stereocenters. The molecule has 186 valence electrons. The zero-order valence-corrected chi connectivity index (χ0v) is 21.6. The van der Waals surface area contributed by atoms with E-state index in [4.69, 9.17) is 10.5 Å². The summed E-state index contributed by atoms with van der Waals surface area (Å²) in [5.74, 6) is 1.30. The lowest BCUT2D eigenvalue weighted by atomic mass is 10.1. The van der Waals surface area contributed by atoms with Crippen LogP contribution in [-0.4, -0.2) is 46.0 Å². The number of benzene rings is 2. The molecule has 0 aliphatic carbocycles. The second-order valence-corrected chi connectivity index (χ2v) is 11.4. The molecule has 2 aromatic rings. The lowest BCUT2D eigenvalue weighted by molar-refractivity contribution is 0.0990. The lowest BCUT2D eigenvalue weighted by Gasteiger charge is -2.20. The number of unbranched alkanes of at least 4 members (excludes halogenated alkanes) is 4. The molecule has 0 spiro atoms. The lowest BCUT2D eigenvalue weighted by Crippen LogP contribution is -2.30. The number of thioether (sulfide) groups is 1. The number of ether oxygens (including phenoxy) is 1. The average Bonchev–Trinajstić information content (AvgIpc) is 3.22. The monoisotopic (exact) mass is 505 g/mol. The molecular formula is C25H35N3O4S2. The molecule has 0 saturated carbocycles. The van der Waals surface area contributed by atoms with E-state index < -0.39 is 10.0 Å². The van der Waals surface area contributed by atoms with E-state index in [2.05, 4.69) is 23.8 Å². The maximum Gasteiger partial charge on any atom is 0.260 e. The topological polar surface area (TPSA) is 102 Å². The number of fused-ring (bicyclic) bond motifs is 1. The van der Waals surface area contributed by atoms with Crippen LogP contribution < -0.4 is 20.1 Å². The van der Waals surface area contributed by atoms with Gasteiger partial charge in [0.15, 0.2) is 0 Å². The first-order chi connectivity index (χ1) is 16.3. The van der Waals surface area contributed by atoms with Gasteiger partial charge in [-0.05, 0) is 60.6 Å². The van der Waals surface area contributed by atoms with E-state index in [1.165, 1.54) is 37.0 Å². The Morgan fingerprint density at radius 2 is 1.94 bits per heavy atom. The van der Waals surface area contributed by atoms with Crippen molar-refractivity contribution in [3.05, 3.63) is 47.5 Å². The minimum Gasteiger partial charge on any atom is -0.492 e. The Bertz CT molecular complexity index is 1090. The molecule has 0 bridgehead atoms. The van der Waals surface area contributed by atoms with Crippen LogP contribution in [0.25, 0.3) is 0 Å². The summed E-state index contributed by atoms with van der Waals surface area (Å²) in [7, 11) is -3.55. The number of nitrogens with zero attached hydrogens (tertiary/aromatic N) is 1. The number of hydrogen-bond acceptors (Lipinski definition) is 6. The van der Waals surface area contributed by atoms with Crippen molar-refractivity contribution in [1.29, 1.82) is 0 Å². The highest BCUT2D eigenvalue weighted by atomic mass is 32.2. The van der Waals surface area contributed by atoms with Crippen LogP contribution in [0.1, 0.15) is 54.9 Å². The number of nitrogens with one attached hydrogen (secondary N) is 1. The van der Waals surface area contributed by atoms with Gasteiger partial charge in [-0.2, -0.15) is 0 Å². The number of amides is 1. The van der Waals surface area contributed by atoms with E-state index in [9.17, 15) is 13.2 Å². The summed E-state index contributed by atoms with van der Waals surface area (Å²) in [5.41, 5.74) is 8.01. The van der Waals surface area contributed by atoms with Crippen molar-refractivity contribution in [3.63, 3.8) is 0 Å². The third kappa shape index (κ3) is 7.38. The van der Waals surface area contributed by atoms with Crippen LogP contribution in [0.5, 0.6) is 5.75 Å². The Morgan fingerprint density at radius 1 is 1.15 bits per heavy atom. The number of carbonyl (C=O) groups excluding carboxylic acids is 1. The van der Waals surface area contributed by atoms with Crippen molar-refractivity contribution in [2.45, 2.75) is 50.3 Å². The highest BCUT2D eigenvalue weighted by Gasteiger charge is 2.28. The van der Waals surface area contributed by atoms with E-state index >= 15 is 0 Å². The summed E-state index contributed by atoms with van der Waals surface area (Å²) >= 11 is 1.86. The minimum atomic E-state index is -3.55. The number of hydrogen-bond donors (Lipinski definition) is 2. The Labute approximate surface area is 207 Å². The molecule has 34 heavy (non-hydrogen) atoms. The van der Waals surface area contributed by atoms with Gasteiger partial charge in [0.2, 0.25) is 10.0 Å². The molecule has 2 aromatic carbocycles. The molecule has 0 unspecified atom stereocenters. The van der Waals surface area contributed by atoms with Gasteiger partial charge < -0.3 is 15.4 Å². The predicted octanol–water partition coefficient (Wildman–Crippen LogP) is 4.66. The summed E-state index contributed by atoms with van der Waals surface area (Å²) < 4.78 is 31.8. The molecule has 0 radical (unpaired) electrons. The van der Waals surface area contributed by atoms with Crippen LogP contribution in [0, 0.1) is 0 Å². The number of nitrogens with two attached hydrogens (primary N) is 1. The van der Waals surface area contributed by atoms with Gasteiger partial charge in [0, 0.05) is 23.7 Å². The number of rotatable bonds is 13. The number of sulfonamides is 1. The third-order valence-corrected chi connectivity index (χ3v) is 7.28. The first kappa shape index (κ1) is 26.4. The molecule has 9 heteroatoms. The third-order valence-electron chi connectivity index (χ3n) is 5.61. The molecule has 1 aliphatic heterocycles. The zero-order chi connectivity index (χ0) is 24.6. The smallest absolute Gasteiger partial charge is 0.260 e. The summed E-state index contributed by atoms with van der Waals surface area (Å²) in [6.45, 7) is 3.41. The van der Waals surface area contributed by atoms with E-state index in [1.807, 2.05) is 17.8 Å². The molecular weight excluding hydrogens is 470 g/mol. The standard InChI is InChI=1S/C25H35N3O4S2/c1-3-4-5-6-7-16-33-21-9-11-24-19(17-21)12-14-28(24)25(29)22-18-20(32-15-13-26)8-10-23(22)27-34(2,30)31/h8-11,17-18,27H,3-7,12-16,26H2,1-2H3. The largest absolute Gasteiger partial charge is 0.492 e. The van der Waals surface area contributed by atoms with Gasteiger partial charge in [-0.15, -0.1) is 11.8 Å². The molecule has 0 aromatic heterocycles. The van der Waals surface area contributed by atoms with Gasteiger partial charge in [0.1, 0.15) is 12.4 Å². The van der Waals surface area contributed by atoms with Crippen LogP contribution in [0.4, 0.5) is 11.4 Å². The van der Waals surface area contributed by atoms with Crippen LogP contribution in [0.3, 0.4) is 0 Å². The summed E-state index contributed by atoms with van der Waals surface area (Å²) in [5, 5.41) is 0. The van der Waals surface area contributed by atoms with Crippen LogP contribution in [0.2, 0.25) is 0 Å². The van der Waals surface area contributed by atoms with E-state index in [0.717, 1.165) is 29.7 Å². The quantitative estimate of drug-likeness (QED) is 0.303. The second kappa shape index (κ2) is 12.5. The maximum absolute atomic E-state index is 13.5. The summed E-state index contributed by atoms with van der Waals surface area (Å²) in [6, 6.07) is 11.0. The highest BCUT2D eigenvalue weighted by molar-refractivity contribution is 7.99. The Morgan fingerprint density at radius 3 is 2.68 bits per heavy atom. The van der Waals surface area contributed by atoms with E-state index in [0.29, 0.717) is 25.4 Å². The van der Waals surface area contributed by atoms with E-state index in [1.54, 1.807) is 23.1 Å². The van der Waals surface area contributed by atoms with Crippen molar-refractivity contribution in [3.8, 4) is 5.75 Å². The van der Waals surface area contributed by atoms with Crippen LogP contribution in [0.15, 0.2) is 41.3 Å². The predicted molar refractivity (Wildman–Crippen MR) is 141 cm³/mol. The molecule has 1 aliphatic rings. The van der Waals surface area contributed by atoms with Crippen molar-refractivity contribution >= 4 is 39.1 Å². The van der Waals surface area contributed by atoms with Crippen molar-refractivity contribution in [1.82, 2.24) is 0 Å².